The number of aromatic nitrogens is 2. The molecule has 3 atom stereocenters. The first-order chi connectivity index (χ1) is 17.0. The number of nitrogens with one attached hydrogen (secondary N) is 2. The molecule has 2 saturated heterocycles. The van der Waals surface area contributed by atoms with Gasteiger partial charge in [-0.1, -0.05) is 12.1 Å². The number of hydrogen-bond acceptors (Lipinski definition) is 8. The van der Waals surface area contributed by atoms with Gasteiger partial charge in [0, 0.05) is 50.2 Å². The molecule has 2 aromatic rings. The summed E-state index contributed by atoms with van der Waals surface area (Å²) in [6.45, 7) is 5.04. The predicted molar refractivity (Wildman–Crippen MR) is 135 cm³/mol. The van der Waals surface area contributed by atoms with Crippen LogP contribution in [0.4, 0.5) is 5.82 Å². The topological polar surface area (TPSA) is 109 Å². The molecule has 35 heavy (non-hydrogen) atoms. The van der Waals surface area contributed by atoms with Gasteiger partial charge in [0.05, 0.1) is 0 Å². The minimum absolute atomic E-state index is 0.0170. The van der Waals surface area contributed by atoms with Crippen molar-refractivity contribution in [3.63, 3.8) is 0 Å². The third-order valence-corrected chi connectivity index (χ3v) is 6.78. The molecule has 0 spiro atoms. The lowest BCUT2D eigenvalue weighted by molar-refractivity contribution is -0.121. The second kappa shape index (κ2) is 11.8. The fraction of sp³-hybridized carbons (Fsp3) is 0.577. The van der Waals surface area contributed by atoms with E-state index in [4.69, 9.17) is 19.4 Å². The zero-order valence-corrected chi connectivity index (χ0v) is 20.9. The summed E-state index contributed by atoms with van der Waals surface area (Å²) in [6, 6.07) is 7.42. The summed E-state index contributed by atoms with van der Waals surface area (Å²) >= 11 is 0. The smallest absolute Gasteiger partial charge is 0.242 e. The predicted octanol–water partition coefficient (Wildman–Crippen LogP) is 1.70. The first-order valence-electron chi connectivity index (χ1n) is 12.5. The molecule has 0 aliphatic carbocycles. The molecular formula is C26H37N5O4. The maximum atomic E-state index is 12.6. The van der Waals surface area contributed by atoms with Crippen molar-refractivity contribution in [3.8, 4) is 17.1 Å². The maximum Gasteiger partial charge on any atom is 0.242 e. The number of benzene rings is 1. The highest BCUT2D eigenvalue weighted by atomic mass is 16.5. The number of nitrogens with zero attached hydrogens (tertiary/aromatic N) is 3. The number of hydrogen-bond donors (Lipinski definition) is 3. The molecule has 0 bridgehead atoms. The Hall–Kier alpha value is -2.75. The number of aliphatic hydroxyl groups excluding tert-OH is 1. The molecule has 2 aliphatic heterocycles. The van der Waals surface area contributed by atoms with Crippen LogP contribution in [0.15, 0.2) is 24.3 Å². The number of rotatable bonds is 10. The molecule has 0 radical (unpaired) electrons. The van der Waals surface area contributed by atoms with E-state index >= 15 is 0 Å². The Morgan fingerprint density at radius 3 is 2.91 bits per heavy atom. The number of likely N-dealkylation sites (N-methyl/N-ethyl adjacent to an activating group) is 2. The lowest BCUT2D eigenvalue weighted by Crippen LogP contribution is -2.42. The molecule has 9 nitrogen and oxygen atoms in total. The molecule has 1 aromatic carbocycles. The third-order valence-electron chi connectivity index (χ3n) is 6.78. The van der Waals surface area contributed by atoms with Crippen molar-refractivity contribution in [3.05, 3.63) is 35.5 Å². The Morgan fingerprint density at radius 1 is 1.31 bits per heavy atom. The van der Waals surface area contributed by atoms with E-state index in [2.05, 4.69) is 22.5 Å². The van der Waals surface area contributed by atoms with Gasteiger partial charge in [0.15, 0.2) is 5.82 Å². The largest absolute Gasteiger partial charge is 0.491 e. The van der Waals surface area contributed by atoms with Crippen molar-refractivity contribution in [1.82, 2.24) is 20.6 Å². The normalized spacial score (nSPS) is 20.7. The van der Waals surface area contributed by atoms with Crippen molar-refractivity contribution in [2.45, 2.75) is 44.8 Å². The summed E-state index contributed by atoms with van der Waals surface area (Å²) in [5.41, 5.74) is 2.87. The highest BCUT2D eigenvalue weighted by molar-refractivity contribution is 5.85. The van der Waals surface area contributed by atoms with Crippen LogP contribution >= 0.6 is 0 Å². The van der Waals surface area contributed by atoms with E-state index in [1.807, 2.05) is 24.3 Å². The fourth-order valence-corrected chi connectivity index (χ4v) is 4.85. The van der Waals surface area contributed by atoms with Crippen LogP contribution in [0.2, 0.25) is 0 Å². The van der Waals surface area contributed by atoms with E-state index in [1.54, 1.807) is 14.1 Å². The quantitative estimate of drug-likeness (QED) is 0.469. The van der Waals surface area contributed by atoms with Gasteiger partial charge < -0.3 is 30.1 Å². The Labute approximate surface area is 207 Å². The summed E-state index contributed by atoms with van der Waals surface area (Å²) in [7, 11) is 3.47. The summed E-state index contributed by atoms with van der Waals surface area (Å²) in [4.78, 5) is 24.7. The zero-order valence-electron chi connectivity index (χ0n) is 20.9. The molecular weight excluding hydrogens is 446 g/mol. The van der Waals surface area contributed by atoms with Gasteiger partial charge in [0.2, 0.25) is 5.91 Å². The Balaban J connectivity index is 1.68. The van der Waals surface area contributed by atoms with E-state index < -0.39 is 6.10 Å². The average Bonchev–Trinajstić information content (AvgIpc) is 3.56. The molecule has 2 fully saturated rings. The van der Waals surface area contributed by atoms with Gasteiger partial charge in [0.1, 0.15) is 30.3 Å². The number of anilines is 1. The molecule has 3 N–H and O–H groups in total. The van der Waals surface area contributed by atoms with Gasteiger partial charge in [-0.2, -0.15) is 0 Å². The second-order valence-corrected chi connectivity index (χ2v) is 9.39. The van der Waals surface area contributed by atoms with Crippen LogP contribution in [0.3, 0.4) is 0 Å². The zero-order chi connectivity index (χ0) is 24.8. The van der Waals surface area contributed by atoms with Gasteiger partial charge in [-0.15, -0.1) is 0 Å². The minimum Gasteiger partial charge on any atom is -0.491 e. The van der Waals surface area contributed by atoms with Gasteiger partial charge in [-0.3, -0.25) is 4.79 Å². The van der Waals surface area contributed by atoms with Crippen molar-refractivity contribution in [2.24, 2.45) is 5.92 Å². The van der Waals surface area contributed by atoms with Crippen LogP contribution in [0, 0.1) is 12.8 Å². The first-order valence-corrected chi connectivity index (χ1v) is 12.5. The molecule has 4 rings (SSSR count). The summed E-state index contributed by atoms with van der Waals surface area (Å²) < 4.78 is 11.4. The van der Waals surface area contributed by atoms with Crippen molar-refractivity contribution < 1.29 is 19.4 Å². The highest BCUT2D eigenvalue weighted by Crippen LogP contribution is 2.33. The van der Waals surface area contributed by atoms with Gasteiger partial charge in [-0.05, 0) is 57.7 Å². The van der Waals surface area contributed by atoms with Crippen molar-refractivity contribution in [2.75, 3.05) is 51.9 Å². The van der Waals surface area contributed by atoms with E-state index in [1.165, 1.54) is 0 Å². The Kier molecular flexibility index (Phi) is 8.54. The molecule has 1 unspecified atom stereocenters. The number of carbonyl (C=O) groups is 1. The monoisotopic (exact) mass is 483 g/mol. The first kappa shape index (κ1) is 25.3. The SMILES string of the molecule is CNCC(O)COc1cccc(-c2nc(C[C@@H]3CCOC3)c(C)c(N3CCC[C@@H]3C(=O)NC)n2)c1. The van der Waals surface area contributed by atoms with Gasteiger partial charge >= 0.3 is 0 Å². The highest BCUT2D eigenvalue weighted by Gasteiger charge is 2.33. The molecule has 3 heterocycles. The second-order valence-electron chi connectivity index (χ2n) is 9.39. The van der Waals surface area contributed by atoms with Crippen LogP contribution in [-0.2, 0) is 16.0 Å². The standard InChI is InChI=1S/C26H37N5O4/c1-17-22(12-18-9-11-34-15-18)29-24(30-25(17)31-10-5-8-23(31)26(33)28-3)19-6-4-7-21(13-19)35-16-20(32)14-27-2/h4,6-7,13,18,20,23,27,32H,5,8-12,14-16H2,1-3H3,(H,28,33)/t18-,20?,23+/m0/s1. The van der Waals surface area contributed by atoms with Crippen molar-refractivity contribution in [1.29, 1.82) is 0 Å². The molecule has 2 aliphatic rings. The number of carbonyl (C=O) groups excluding carboxylic acids is 1. The lowest BCUT2D eigenvalue weighted by Gasteiger charge is -2.27. The lowest BCUT2D eigenvalue weighted by atomic mass is 9.99. The molecule has 9 heteroatoms. The average molecular weight is 484 g/mol. The van der Waals surface area contributed by atoms with Crippen LogP contribution in [0.5, 0.6) is 5.75 Å². The van der Waals surface area contributed by atoms with Crippen LogP contribution in [-0.4, -0.2) is 80.1 Å². The van der Waals surface area contributed by atoms with Gasteiger partial charge in [0.25, 0.3) is 0 Å². The number of amides is 1. The summed E-state index contributed by atoms with van der Waals surface area (Å²) in [6.07, 6.45) is 3.00. The van der Waals surface area contributed by atoms with Crippen LogP contribution in [0.25, 0.3) is 11.4 Å². The van der Waals surface area contributed by atoms with Crippen LogP contribution in [0.1, 0.15) is 30.5 Å². The summed E-state index contributed by atoms with van der Waals surface area (Å²) in [5.74, 6) is 2.54. The Bertz CT molecular complexity index is 1010. The number of ether oxygens (including phenoxy) is 2. The van der Waals surface area contributed by atoms with Gasteiger partial charge in [-0.25, -0.2) is 9.97 Å². The number of aliphatic hydroxyl groups is 1. The molecule has 190 valence electrons. The third kappa shape index (κ3) is 6.09. The van der Waals surface area contributed by atoms with Crippen LogP contribution < -0.4 is 20.3 Å². The molecule has 1 aromatic heterocycles. The summed E-state index contributed by atoms with van der Waals surface area (Å²) in [5, 5.41) is 15.7. The fourth-order valence-electron chi connectivity index (χ4n) is 4.85. The molecule has 1 amide bonds. The van der Waals surface area contributed by atoms with E-state index in [-0.39, 0.29) is 18.6 Å². The maximum absolute atomic E-state index is 12.6. The minimum atomic E-state index is -0.595. The Morgan fingerprint density at radius 2 is 2.17 bits per heavy atom. The van der Waals surface area contributed by atoms with E-state index in [0.717, 1.165) is 68.1 Å². The van der Waals surface area contributed by atoms with E-state index in [9.17, 15) is 9.90 Å². The molecule has 0 saturated carbocycles. The van der Waals surface area contributed by atoms with E-state index in [0.29, 0.717) is 24.0 Å². The van der Waals surface area contributed by atoms with Crippen molar-refractivity contribution >= 4 is 11.7 Å².